The molecule has 2 heterocycles. The molecule has 3 N–H and O–H groups in total. The molecule has 27 heavy (non-hydrogen) atoms. The van der Waals surface area contributed by atoms with E-state index in [1.165, 1.54) is 0 Å². The SMILES string of the molecule is CC(C)(C)NC(=O)c1ccc2nc(-c3ccccc3-c3ncc[nH]3)[nH]c2c1. The molecule has 4 aromatic rings. The zero-order valence-corrected chi connectivity index (χ0v) is 15.5. The van der Waals surface area contributed by atoms with Crippen LogP contribution in [-0.2, 0) is 0 Å². The van der Waals surface area contributed by atoms with Crippen molar-refractivity contribution in [3.8, 4) is 22.8 Å². The van der Waals surface area contributed by atoms with Crippen molar-refractivity contribution in [1.82, 2.24) is 25.3 Å². The number of benzene rings is 2. The average molecular weight is 359 g/mol. The molecule has 0 spiro atoms. The molecule has 0 unspecified atom stereocenters. The monoisotopic (exact) mass is 359 g/mol. The zero-order chi connectivity index (χ0) is 19.0. The van der Waals surface area contributed by atoms with Crippen LogP contribution in [0.25, 0.3) is 33.8 Å². The lowest BCUT2D eigenvalue weighted by Gasteiger charge is -2.20. The van der Waals surface area contributed by atoms with Crippen molar-refractivity contribution < 1.29 is 4.79 Å². The fourth-order valence-corrected chi connectivity index (χ4v) is 3.00. The first-order valence-electron chi connectivity index (χ1n) is 8.82. The Morgan fingerprint density at radius 2 is 1.78 bits per heavy atom. The minimum absolute atomic E-state index is 0.100. The number of aromatic nitrogens is 4. The van der Waals surface area contributed by atoms with Crippen LogP contribution in [0.5, 0.6) is 0 Å². The third kappa shape index (κ3) is 3.46. The summed E-state index contributed by atoms with van der Waals surface area (Å²) < 4.78 is 0. The summed E-state index contributed by atoms with van der Waals surface area (Å²) in [7, 11) is 0. The minimum atomic E-state index is -0.285. The fraction of sp³-hybridized carbons (Fsp3) is 0.190. The van der Waals surface area contributed by atoms with Crippen molar-refractivity contribution in [1.29, 1.82) is 0 Å². The summed E-state index contributed by atoms with van der Waals surface area (Å²) >= 11 is 0. The maximum Gasteiger partial charge on any atom is 0.251 e. The lowest BCUT2D eigenvalue weighted by atomic mass is 10.1. The van der Waals surface area contributed by atoms with Gasteiger partial charge in [0.05, 0.1) is 11.0 Å². The normalized spacial score (nSPS) is 11.7. The Morgan fingerprint density at radius 3 is 2.44 bits per heavy atom. The number of carbonyl (C=O) groups is 1. The van der Waals surface area contributed by atoms with Crippen molar-refractivity contribution in [2.45, 2.75) is 26.3 Å². The van der Waals surface area contributed by atoms with E-state index in [-0.39, 0.29) is 11.4 Å². The van der Waals surface area contributed by atoms with Crippen LogP contribution in [-0.4, -0.2) is 31.4 Å². The van der Waals surface area contributed by atoms with Crippen molar-refractivity contribution in [3.63, 3.8) is 0 Å². The van der Waals surface area contributed by atoms with Crippen molar-refractivity contribution in [2.24, 2.45) is 0 Å². The summed E-state index contributed by atoms with van der Waals surface area (Å²) in [5, 5.41) is 2.98. The van der Waals surface area contributed by atoms with Crippen LogP contribution in [0.1, 0.15) is 31.1 Å². The van der Waals surface area contributed by atoms with Crippen molar-refractivity contribution in [3.05, 3.63) is 60.4 Å². The Bertz CT molecular complexity index is 1100. The molecule has 1 amide bonds. The van der Waals surface area contributed by atoms with Crippen LogP contribution in [0.2, 0.25) is 0 Å². The number of fused-ring (bicyclic) bond motifs is 1. The number of hydrogen-bond donors (Lipinski definition) is 3. The Balaban J connectivity index is 1.74. The molecule has 0 saturated carbocycles. The molecule has 6 heteroatoms. The Hall–Kier alpha value is -3.41. The van der Waals surface area contributed by atoms with Crippen LogP contribution >= 0.6 is 0 Å². The van der Waals surface area contributed by atoms with E-state index in [4.69, 9.17) is 4.98 Å². The van der Waals surface area contributed by atoms with Gasteiger partial charge < -0.3 is 15.3 Å². The van der Waals surface area contributed by atoms with Gasteiger partial charge in [0.15, 0.2) is 0 Å². The number of H-pyrrole nitrogens is 2. The van der Waals surface area contributed by atoms with E-state index in [0.717, 1.165) is 33.8 Å². The lowest BCUT2D eigenvalue weighted by Crippen LogP contribution is -2.40. The van der Waals surface area contributed by atoms with Crippen LogP contribution in [0.4, 0.5) is 0 Å². The highest BCUT2D eigenvalue weighted by Crippen LogP contribution is 2.29. The smallest absolute Gasteiger partial charge is 0.251 e. The number of imidazole rings is 2. The van der Waals surface area contributed by atoms with Gasteiger partial charge >= 0.3 is 0 Å². The second kappa shape index (κ2) is 6.39. The van der Waals surface area contributed by atoms with Crippen LogP contribution in [0.15, 0.2) is 54.9 Å². The van der Waals surface area contributed by atoms with Gasteiger partial charge in [-0.25, -0.2) is 9.97 Å². The largest absolute Gasteiger partial charge is 0.347 e. The molecule has 2 aromatic heterocycles. The van der Waals surface area contributed by atoms with Gasteiger partial charge in [-0.05, 0) is 39.0 Å². The average Bonchev–Trinajstić information content (AvgIpc) is 3.29. The van der Waals surface area contributed by atoms with Gasteiger partial charge in [-0.2, -0.15) is 0 Å². The lowest BCUT2D eigenvalue weighted by molar-refractivity contribution is 0.0919. The van der Waals surface area contributed by atoms with Gasteiger partial charge in [-0.3, -0.25) is 4.79 Å². The molecule has 0 aliphatic rings. The highest BCUT2D eigenvalue weighted by molar-refractivity contribution is 5.98. The molecule has 0 aliphatic carbocycles. The maximum absolute atomic E-state index is 12.4. The number of amides is 1. The molecule has 0 radical (unpaired) electrons. The third-order valence-corrected chi connectivity index (χ3v) is 4.17. The van der Waals surface area contributed by atoms with E-state index in [2.05, 4.69) is 20.3 Å². The van der Waals surface area contributed by atoms with E-state index in [1.54, 1.807) is 18.5 Å². The Morgan fingerprint density at radius 1 is 1.04 bits per heavy atom. The first-order valence-corrected chi connectivity index (χ1v) is 8.82. The molecule has 4 rings (SSSR count). The van der Waals surface area contributed by atoms with E-state index in [0.29, 0.717) is 5.56 Å². The second-order valence-electron chi connectivity index (χ2n) is 7.50. The topological polar surface area (TPSA) is 86.5 Å². The summed E-state index contributed by atoms with van der Waals surface area (Å²) in [5.41, 5.74) is 3.86. The fourth-order valence-electron chi connectivity index (χ4n) is 3.00. The van der Waals surface area contributed by atoms with Crippen LogP contribution in [0, 0.1) is 0 Å². The van der Waals surface area contributed by atoms with Crippen molar-refractivity contribution in [2.75, 3.05) is 0 Å². The molecule has 0 saturated heterocycles. The number of nitrogens with zero attached hydrogens (tertiary/aromatic N) is 2. The molecular formula is C21H21N5O. The maximum atomic E-state index is 12.4. The minimum Gasteiger partial charge on any atom is -0.347 e. The molecule has 0 atom stereocenters. The van der Waals surface area contributed by atoms with E-state index >= 15 is 0 Å². The molecule has 6 nitrogen and oxygen atoms in total. The van der Waals surface area contributed by atoms with Gasteiger partial charge in [0.25, 0.3) is 5.91 Å². The third-order valence-electron chi connectivity index (χ3n) is 4.17. The number of carbonyl (C=O) groups excluding carboxylic acids is 1. The quantitative estimate of drug-likeness (QED) is 0.514. The van der Waals surface area contributed by atoms with E-state index < -0.39 is 0 Å². The number of rotatable bonds is 3. The van der Waals surface area contributed by atoms with Crippen LogP contribution < -0.4 is 5.32 Å². The molecular weight excluding hydrogens is 338 g/mol. The number of aromatic amines is 2. The number of hydrogen-bond acceptors (Lipinski definition) is 3. The Labute approximate surface area is 157 Å². The Kier molecular flexibility index (Phi) is 4.03. The summed E-state index contributed by atoms with van der Waals surface area (Å²) in [4.78, 5) is 28.0. The van der Waals surface area contributed by atoms with E-state index in [9.17, 15) is 4.79 Å². The first-order chi connectivity index (χ1) is 12.9. The van der Waals surface area contributed by atoms with Gasteiger partial charge in [0.1, 0.15) is 11.6 Å². The highest BCUT2D eigenvalue weighted by Gasteiger charge is 2.17. The zero-order valence-electron chi connectivity index (χ0n) is 15.5. The first kappa shape index (κ1) is 17.0. The summed E-state index contributed by atoms with van der Waals surface area (Å²) in [6.45, 7) is 5.88. The molecule has 0 fully saturated rings. The van der Waals surface area contributed by atoms with Crippen molar-refractivity contribution >= 4 is 16.9 Å². The predicted molar refractivity (Wildman–Crippen MR) is 106 cm³/mol. The number of nitrogens with one attached hydrogen (secondary N) is 3. The molecule has 136 valence electrons. The summed E-state index contributed by atoms with van der Waals surface area (Å²) in [5.74, 6) is 1.43. The molecule has 0 aliphatic heterocycles. The van der Waals surface area contributed by atoms with Crippen LogP contribution in [0.3, 0.4) is 0 Å². The highest BCUT2D eigenvalue weighted by atomic mass is 16.1. The predicted octanol–water partition coefficient (Wildman–Crippen LogP) is 4.15. The summed E-state index contributed by atoms with van der Waals surface area (Å²) in [6.07, 6.45) is 3.52. The van der Waals surface area contributed by atoms with Gasteiger partial charge in [-0.1, -0.05) is 24.3 Å². The second-order valence-corrected chi connectivity index (χ2v) is 7.50. The van der Waals surface area contributed by atoms with Gasteiger partial charge in [0, 0.05) is 34.6 Å². The molecule has 2 aromatic carbocycles. The standard InChI is InChI=1S/C21H21N5O/c1-21(2,3)26-20(27)13-8-9-16-17(12-13)25-19(24-16)15-7-5-4-6-14(15)18-22-10-11-23-18/h4-12H,1-3H3,(H,22,23)(H,24,25)(H,26,27). The summed E-state index contributed by atoms with van der Waals surface area (Å²) in [6, 6.07) is 13.4. The van der Waals surface area contributed by atoms with E-state index in [1.807, 2.05) is 57.2 Å². The van der Waals surface area contributed by atoms with Gasteiger partial charge in [0.2, 0.25) is 0 Å². The molecule has 0 bridgehead atoms. The van der Waals surface area contributed by atoms with Gasteiger partial charge in [-0.15, -0.1) is 0 Å².